The highest BCUT2D eigenvalue weighted by Crippen LogP contribution is 2.24. The van der Waals surface area contributed by atoms with Gasteiger partial charge in [0.05, 0.1) is 24.3 Å². The minimum atomic E-state index is -0.482. The summed E-state index contributed by atoms with van der Waals surface area (Å²) in [5.74, 6) is 1.43. The predicted molar refractivity (Wildman–Crippen MR) is 115 cm³/mol. The molecule has 160 valence electrons. The number of benzene rings is 1. The first-order chi connectivity index (χ1) is 15.1. The minimum absolute atomic E-state index is 0.125. The Kier molecular flexibility index (Phi) is 5.92. The summed E-state index contributed by atoms with van der Waals surface area (Å²) in [4.78, 5) is 31.1. The highest BCUT2D eigenvalue weighted by Gasteiger charge is 2.27. The number of amides is 1. The van der Waals surface area contributed by atoms with Crippen molar-refractivity contribution in [3.8, 4) is 5.82 Å². The smallest absolute Gasteiger partial charge is 0.339 e. The Hall–Kier alpha value is -3.75. The third-order valence-corrected chi connectivity index (χ3v) is 5.42. The molecule has 1 fully saturated rings. The second-order valence-corrected chi connectivity index (χ2v) is 7.41. The average Bonchev–Trinajstić information content (AvgIpc) is 3.25. The standard InChI is InChI=1S/C22H24N6O3/c1-15-23-11-13-28(15)20-10-9-19(25-26-20)27-12-5-6-16(14-27)21(29)24-18-8-4-3-7-17(18)22(30)31-2/h3-4,7-11,13,16H,5-6,12,14H2,1-2H3,(H,24,29). The second-order valence-electron chi connectivity index (χ2n) is 7.41. The van der Waals surface area contributed by atoms with Crippen LogP contribution in [0.15, 0.2) is 48.8 Å². The van der Waals surface area contributed by atoms with Gasteiger partial charge in [-0.2, -0.15) is 0 Å². The lowest BCUT2D eigenvalue weighted by molar-refractivity contribution is -0.120. The molecule has 31 heavy (non-hydrogen) atoms. The maximum Gasteiger partial charge on any atom is 0.339 e. The molecule has 0 bridgehead atoms. The molecule has 9 nitrogen and oxygen atoms in total. The number of carbonyl (C=O) groups is 2. The Morgan fingerprint density at radius 2 is 1.90 bits per heavy atom. The third kappa shape index (κ3) is 4.40. The summed E-state index contributed by atoms with van der Waals surface area (Å²) in [5, 5.41) is 11.6. The summed E-state index contributed by atoms with van der Waals surface area (Å²) >= 11 is 0. The van der Waals surface area contributed by atoms with Crippen molar-refractivity contribution in [2.45, 2.75) is 19.8 Å². The topological polar surface area (TPSA) is 102 Å². The van der Waals surface area contributed by atoms with Gasteiger partial charge in [0.2, 0.25) is 5.91 Å². The molecule has 1 aliphatic heterocycles. The highest BCUT2D eigenvalue weighted by atomic mass is 16.5. The molecule has 1 atom stereocenters. The van der Waals surface area contributed by atoms with Crippen molar-refractivity contribution in [3.63, 3.8) is 0 Å². The van der Waals surface area contributed by atoms with Gasteiger partial charge in [-0.05, 0) is 44.0 Å². The number of para-hydroxylation sites is 1. The van der Waals surface area contributed by atoms with Gasteiger partial charge in [0, 0.05) is 25.5 Å². The van der Waals surface area contributed by atoms with Crippen molar-refractivity contribution < 1.29 is 14.3 Å². The number of hydrogen-bond acceptors (Lipinski definition) is 7. The number of nitrogens with zero attached hydrogens (tertiary/aromatic N) is 5. The molecule has 0 spiro atoms. The van der Waals surface area contributed by atoms with E-state index in [0.29, 0.717) is 23.6 Å². The molecule has 1 saturated heterocycles. The first-order valence-electron chi connectivity index (χ1n) is 10.1. The lowest BCUT2D eigenvalue weighted by atomic mass is 9.97. The van der Waals surface area contributed by atoms with Gasteiger partial charge in [-0.25, -0.2) is 9.78 Å². The molecule has 4 rings (SSSR count). The van der Waals surface area contributed by atoms with Gasteiger partial charge < -0.3 is 15.0 Å². The van der Waals surface area contributed by atoms with E-state index < -0.39 is 5.97 Å². The second kappa shape index (κ2) is 8.95. The maximum absolute atomic E-state index is 12.9. The summed E-state index contributed by atoms with van der Waals surface area (Å²) in [5.41, 5.74) is 0.790. The predicted octanol–water partition coefficient (Wildman–Crippen LogP) is 2.61. The van der Waals surface area contributed by atoms with Gasteiger partial charge in [-0.3, -0.25) is 9.36 Å². The van der Waals surface area contributed by atoms with Crippen molar-refractivity contribution in [1.29, 1.82) is 0 Å². The van der Waals surface area contributed by atoms with Gasteiger partial charge in [-0.15, -0.1) is 10.2 Å². The molecular weight excluding hydrogens is 396 g/mol. The number of ether oxygens (including phenoxy) is 1. The SMILES string of the molecule is COC(=O)c1ccccc1NC(=O)C1CCCN(c2ccc(-n3ccnc3C)nn2)C1. The summed E-state index contributed by atoms with van der Waals surface area (Å²) in [6, 6.07) is 10.6. The Labute approximate surface area is 180 Å². The number of hydrogen-bond donors (Lipinski definition) is 1. The summed E-state index contributed by atoms with van der Waals surface area (Å²) in [7, 11) is 1.32. The number of nitrogens with one attached hydrogen (secondary N) is 1. The quantitative estimate of drug-likeness (QED) is 0.633. The van der Waals surface area contributed by atoms with Crippen LogP contribution in [0, 0.1) is 12.8 Å². The number of carbonyl (C=O) groups excluding carboxylic acids is 2. The van der Waals surface area contributed by atoms with Crippen LogP contribution in [0.2, 0.25) is 0 Å². The van der Waals surface area contributed by atoms with Crippen molar-refractivity contribution >= 4 is 23.4 Å². The minimum Gasteiger partial charge on any atom is -0.465 e. The van der Waals surface area contributed by atoms with Crippen LogP contribution in [0.3, 0.4) is 0 Å². The van der Waals surface area contributed by atoms with E-state index in [2.05, 4.69) is 25.4 Å². The van der Waals surface area contributed by atoms with E-state index >= 15 is 0 Å². The number of anilines is 2. The largest absolute Gasteiger partial charge is 0.465 e. The summed E-state index contributed by atoms with van der Waals surface area (Å²) < 4.78 is 6.67. The normalized spacial score (nSPS) is 16.1. The van der Waals surface area contributed by atoms with Crippen LogP contribution < -0.4 is 10.2 Å². The zero-order chi connectivity index (χ0) is 21.8. The third-order valence-electron chi connectivity index (χ3n) is 5.42. The van der Waals surface area contributed by atoms with Crippen molar-refractivity contribution in [2.75, 3.05) is 30.4 Å². The zero-order valence-corrected chi connectivity index (χ0v) is 17.5. The lowest BCUT2D eigenvalue weighted by Gasteiger charge is -2.32. The summed E-state index contributed by atoms with van der Waals surface area (Å²) in [6.07, 6.45) is 5.19. The van der Waals surface area contributed by atoms with Gasteiger partial charge >= 0.3 is 5.97 Å². The van der Waals surface area contributed by atoms with E-state index in [4.69, 9.17) is 4.74 Å². The van der Waals surface area contributed by atoms with Gasteiger partial charge in [-0.1, -0.05) is 12.1 Å². The molecule has 1 amide bonds. The molecule has 0 radical (unpaired) electrons. The number of rotatable bonds is 5. The molecule has 1 unspecified atom stereocenters. The van der Waals surface area contributed by atoms with Crippen molar-refractivity contribution in [1.82, 2.24) is 19.7 Å². The number of piperidine rings is 1. The zero-order valence-electron chi connectivity index (χ0n) is 17.5. The van der Waals surface area contributed by atoms with E-state index in [-0.39, 0.29) is 11.8 Å². The Bertz CT molecular complexity index is 1080. The molecule has 2 aromatic heterocycles. The number of aromatic nitrogens is 4. The molecule has 1 aliphatic rings. The maximum atomic E-state index is 12.9. The summed E-state index contributed by atoms with van der Waals surface area (Å²) in [6.45, 7) is 3.24. The molecule has 1 aromatic carbocycles. The molecule has 3 heterocycles. The molecule has 9 heteroatoms. The van der Waals surface area contributed by atoms with Crippen LogP contribution >= 0.6 is 0 Å². The molecular formula is C22H24N6O3. The van der Waals surface area contributed by atoms with Crippen LogP contribution in [0.25, 0.3) is 5.82 Å². The molecule has 1 N–H and O–H groups in total. The van der Waals surface area contributed by atoms with Crippen LogP contribution in [-0.4, -0.2) is 51.8 Å². The molecule has 0 aliphatic carbocycles. The first kappa shape index (κ1) is 20.5. The Morgan fingerprint density at radius 3 is 2.61 bits per heavy atom. The van der Waals surface area contributed by atoms with Crippen LogP contribution in [0.5, 0.6) is 0 Å². The van der Waals surface area contributed by atoms with Crippen molar-refractivity contribution in [3.05, 3.63) is 60.2 Å². The van der Waals surface area contributed by atoms with Crippen LogP contribution in [-0.2, 0) is 9.53 Å². The van der Waals surface area contributed by atoms with Gasteiger partial charge in [0.25, 0.3) is 0 Å². The molecule has 0 saturated carbocycles. The van der Waals surface area contributed by atoms with E-state index in [0.717, 1.165) is 31.0 Å². The van der Waals surface area contributed by atoms with Crippen molar-refractivity contribution in [2.24, 2.45) is 5.92 Å². The van der Waals surface area contributed by atoms with Gasteiger partial charge in [0.1, 0.15) is 5.82 Å². The van der Waals surface area contributed by atoms with E-state index in [1.165, 1.54) is 7.11 Å². The highest BCUT2D eigenvalue weighted by molar-refractivity contribution is 6.02. The Morgan fingerprint density at radius 1 is 1.13 bits per heavy atom. The fourth-order valence-corrected chi connectivity index (χ4v) is 3.75. The number of methoxy groups -OCH3 is 1. The Balaban J connectivity index is 1.45. The number of aryl methyl sites for hydroxylation is 1. The first-order valence-corrected chi connectivity index (χ1v) is 10.1. The number of esters is 1. The van der Waals surface area contributed by atoms with E-state index in [9.17, 15) is 9.59 Å². The van der Waals surface area contributed by atoms with Gasteiger partial charge in [0.15, 0.2) is 11.6 Å². The molecule has 3 aromatic rings. The fourth-order valence-electron chi connectivity index (χ4n) is 3.75. The van der Waals surface area contributed by atoms with E-state index in [1.54, 1.807) is 30.5 Å². The average molecular weight is 420 g/mol. The lowest BCUT2D eigenvalue weighted by Crippen LogP contribution is -2.41. The number of imidazole rings is 1. The fraction of sp³-hybridized carbons (Fsp3) is 0.318. The van der Waals surface area contributed by atoms with E-state index in [1.807, 2.05) is 29.8 Å². The monoisotopic (exact) mass is 420 g/mol. The van der Waals surface area contributed by atoms with Crippen LogP contribution in [0.1, 0.15) is 29.0 Å². The van der Waals surface area contributed by atoms with Crippen LogP contribution in [0.4, 0.5) is 11.5 Å².